The van der Waals surface area contributed by atoms with Gasteiger partial charge in [-0.15, -0.1) is 0 Å². The molecule has 23 heavy (non-hydrogen) atoms. The molecule has 0 N–H and O–H groups in total. The van der Waals surface area contributed by atoms with Gasteiger partial charge in [-0.3, -0.25) is 0 Å². The molecule has 0 radical (unpaired) electrons. The van der Waals surface area contributed by atoms with E-state index in [1.165, 1.54) is 5.56 Å². The maximum Gasteiger partial charge on any atom is 0.258 e. The maximum atomic E-state index is 6.80. The van der Waals surface area contributed by atoms with E-state index in [1.807, 2.05) is 0 Å². The minimum absolute atomic E-state index is 0.591. The molecule has 0 aliphatic carbocycles. The monoisotopic (exact) mass is 330 g/mol. The van der Waals surface area contributed by atoms with Gasteiger partial charge >= 0.3 is 0 Å². The van der Waals surface area contributed by atoms with E-state index >= 15 is 0 Å². The van der Waals surface area contributed by atoms with Gasteiger partial charge < -0.3 is 4.43 Å². The number of hydrogen-bond donors (Lipinski definition) is 0. The number of rotatable bonds is 8. The maximum absolute atomic E-state index is 6.80. The van der Waals surface area contributed by atoms with Crippen LogP contribution in [0.4, 0.5) is 0 Å². The Labute approximate surface area is 144 Å². The fourth-order valence-electron chi connectivity index (χ4n) is 3.70. The van der Waals surface area contributed by atoms with Crippen molar-refractivity contribution >= 4 is 8.32 Å². The molecule has 0 bridgehead atoms. The van der Waals surface area contributed by atoms with Gasteiger partial charge in [0.25, 0.3) is 8.32 Å². The molecule has 0 atom stereocenters. The van der Waals surface area contributed by atoms with Crippen LogP contribution in [0.1, 0.15) is 54.0 Å². The highest BCUT2D eigenvalue weighted by Gasteiger charge is 2.47. The number of benzene rings is 1. The molecule has 1 aromatic carbocycles. The van der Waals surface area contributed by atoms with Crippen LogP contribution < -0.4 is 0 Å². The molecule has 1 nitrogen and oxygen atoms in total. The lowest BCUT2D eigenvalue weighted by Gasteiger charge is -2.42. The fourth-order valence-corrected chi connectivity index (χ4v) is 8.96. The first-order chi connectivity index (χ1) is 10.8. The molecule has 128 valence electrons. The quantitative estimate of drug-likeness (QED) is 0.287. The predicted molar refractivity (Wildman–Crippen MR) is 105 cm³/mol. The predicted octanol–water partition coefficient (Wildman–Crippen LogP) is 6.88. The summed E-state index contributed by atoms with van der Waals surface area (Å²) in [6.45, 7) is 16.0. The molecule has 0 aromatic heterocycles. The van der Waals surface area contributed by atoms with Gasteiger partial charge in [-0.2, -0.15) is 0 Å². The van der Waals surface area contributed by atoms with Crippen molar-refractivity contribution < 1.29 is 4.43 Å². The molecule has 0 aliphatic rings. The summed E-state index contributed by atoms with van der Waals surface area (Å²) in [7, 11) is -1.89. The summed E-state index contributed by atoms with van der Waals surface area (Å²) in [6, 6.07) is 10.6. The molecule has 0 amide bonds. The molecule has 1 aromatic rings. The van der Waals surface area contributed by atoms with Crippen LogP contribution in [-0.4, -0.2) is 8.32 Å². The van der Waals surface area contributed by atoms with Crippen molar-refractivity contribution in [3.8, 4) is 0 Å². The van der Waals surface area contributed by atoms with Gasteiger partial charge in [-0.25, -0.2) is 0 Å². The Kier molecular flexibility index (Phi) is 7.84. The third-order valence-corrected chi connectivity index (χ3v) is 10.7. The molecule has 1 rings (SSSR count). The molecule has 0 fully saturated rings. The summed E-state index contributed by atoms with van der Waals surface area (Å²) >= 11 is 0. The highest BCUT2D eigenvalue weighted by molar-refractivity contribution is 6.77. The summed E-state index contributed by atoms with van der Waals surface area (Å²) in [5.41, 5.74) is 3.10. The Hall–Kier alpha value is -1.28. The molecule has 2 heteroatoms. The van der Waals surface area contributed by atoms with Crippen LogP contribution in [0.3, 0.4) is 0 Å². The van der Waals surface area contributed by atoms with Crippen molar-refractivity contribution in [1.29, 1.82) is 0 Å². The second kappa shape index (κ2) is 9.12. The third kappa shape index (κ3) is 5.10. The van der Waals surface area contributed by atoms with Crippen LogP contribution in [0.5, 0.6) is 0 Å². The highest BCUT2D eigenvalue weighted by Crippen LogP contribution is 2.43. The van der Waals surface area contributed by atoms with Crippen LogP contribution in [-0.2, 0) is 10.8 Å². The van der Waals surface area contributed by atoms with E-state index in [1.54, 1.807) is 0 Å². The van der Waals surface area contributed by atoms with E-state index in [4.69, 9.17) is 4.43 Å². The smallest absolute Gasteiger partial charge is 0.258 e. The number of allylic oxidation sites excluding steroid dienone is 3. The van der Waals surface area contributed by atoms with Crippen LogP contribution in [0.15, 0.2) is 54.3 Å². The molecular weight excluding hydrogens is 296 g/mol. The lowest BCUT2D eigenvalue weighted by Crippen LogP contribution is -2.47. The average Bonchev–Trinajstić information content (AvgIpc) is 2.49. The highest BCUT2D eigenvalue weighted by atomic mass is 28.4. The molecule has 0 aliphatic heterocycles. The SMILES string of the molecule is C/C=C/C(=C/Cc1ccccc1)O[Si](C(C)C)(C(C)C)C(C)C. The fraction of sp³-hybridized carbons (Fsp3) is 0.524. The van der Waals surface area contributed by atoms with Gasteiger partial charge in [0.1, 0.15) is 0 Å². The van der Waals surface area contributed by atoms with Crippen molar-refractivity contribution in [3.05, 3.63) is 59.9 Å². The standard InChI is InChI=1S/C21H34OSi/c1-8-12-21(16-15-20-13-10-9-11-14-20)22-23(17(2)3,18(4)5)19(6)7/h8-14,16-19H,15H2,1-7H3/b12-8+,21-16-. The lowest BCUT2D eigenvalue weighted by molar-refractivity contribution is 0.385. The van der Waals surface area contributed by atoms with Gasteiger partial charge in [0.05, 0.1) is 5.76 Å². The van der Waals surface area contributed by atoms with Crippen LogP contribution in [0.25, 0.3) is 0 Å². The van der Waals surface area contributed by atoms with Crippen molar-refractivity contribution in [1.82, 2.24) is 0 Å². The van der Waals surface area contributed by atoms with Gasteiger partial charge in [-0.1, -0.05) is 78.0 Å². The average molecular weight is 331 g/mol. The first kappa shape index (κ1) is 19.8. The van der Waals surface area contributed by atoms with Crippen molar-refractivity contribution in [2.45, 2.75) is 71.5 Å². The van der Waals surface area contributed by atoms with E-state index in [2.05, 4.69) is 97.0 Å². The second-order valence-electron chi connectivity index (χ2n) is 7.22. The summed E-state index contributed by atoms with van der Waals surface area (Å²) in [5.74, 6) is 1.04. The zero-order valence-electron chi connectivity index (χ0n) is 16.0. The van der Waals surface area contributed by atoms with Crippen LogP contribution in [0, 0.1) is 0 Å². The molecular formula is C21H34OSi. The Bertz CT molecular complexity index is 490. The zero-order valence-corrected chi connectivity index (χ0v) is 17.0. The van der Waals surface area contributed by atoms with Gasteiger partial charge in [0.2, 0.25) is 0 Å². The molecule has 0 spiro atoms. The normalized spacial score (nSPS) is 13.6. The van der Waals surface area contributed by atoms with Gasteiger partial charge in [0.15, 0.2) is 0 Å². The minimum atomic E-state index is -1.89. The topological polar surface area (TPSA) is 9.23 Å². The van der Waals surface area contributed by atoms with E-state index in [9.17, 15) is 0 Å². The largest absolute Gasteiger partial charge is 0.543 e. The minimum Gasteiger partial charge on any atom is -0.543 e. The molecule has 0 heterocycles. The molecule has 0 saturated carbocycles. The first-order valence-corrected chi connectivity index (χ1v) is 11.0. The first-order valence-electron chi connectivity index (χ1n) is 8.90. The summed E-state index contributed by atoms with van der Waals surface area (Å²) < 4.78 is 6.80. The zero-order chi connectivity index (χ0) is 17.5. The number of hydrogen-bond acceptors (Lipinski definition) is 1. The Morgan fingerprint density at radius 3 is 1.91 bits per heavy atom. The Balaban J connectivity index is 3.08. The van der Waals surface area contributed by atoms with E-state index in [0.29, 0.717) is 16.6 Å². The van der Waals surface area contributed by atoms with Gasteiger partial charge in [-0.05, 0) is 47.7 Å². The van der Waals surface area contributed by atoms with E-state index < -0.39 is 8.32 Å². The molecule has 0 unspecified atom stereocenters. The van der Waals surface area contributed by atoms with E-state index in [-0.39, 0.29) is 0 Å². The van der Waals surface area contributed by atoms with Crippen molar-refractivity contribution in [3.63, 3.8) is 0 Å². The summed E-state index contributed by atoms with van der Waals surface area (Å²) in [4.78, 5) is 0. The Morgan fingerprint density at radius 1 is 0.957 bits per heavy atom. The van der Waals surface area contributed by atoms with Crippen LogP contribution in [0.2, 0.25) is 16.6 Å². The van der Waals surface area contributed by atoms with E-state index in [0.717, 1.165) is 12.2 Å². The lowest BCUT2D eigenvalue weighted by atomic mass is 10.1. The van der Waals surface area contributed by atoms with Gasteiger partial charge in [0, 0.05) is 0 Å². The summed E-state index contributed by atoms with van der Waals surface area (Å²) in [5, 5.41) is 0. The third-order valence-electron chi connectivity index (χ3n) is 4.71. The Morgan fingerprint density at radius 2 is 1.48 bits per heavy atom. The van der Waals surface area contributed by atoms with Crippen molar-refractivity contribution in [2.75, 3.05) is 0 Å². The molecule has 0 saturated heterocycles. The van der Waals surface area contributed by atoms with Crippen LogP contribution >= 0.6 is 0 Å². The second-order valence-corrected chi connectivity index (χ2v) is 12.6. The summed E-state index contributed by atoms with van der Waals surface area (Å²) in [6.07, 6.45) is 7.36. The van der Waals surface area contributed by atoms with Crippen molar-refractivity contribution in [2.24, 2.45) is 0 Å².